The van der Waals surface area contributed by atoms with Crippen LogP contribution in [0, 0.1) is 0 Å². The third-order valence-corrected chi connectivity index (χ3v) is 5.45. The fourth-order valence-corrected chi connectivity index (χ4v) is 4.55. The van der Waals surface area contributed by atoms with E-state index in [4.69, 9.17) is 55.3 Å². The summed E-state index contributed by atoms with van der Waals surface area (Å²) in [6.45, 7) is 0.895. The molecule has 0 fully saturated rings. The van der Waals surface area contributed by atoms with Crippen molar-refractivity contribution in [2.24, 2.45) is 0 Å². The van der Waals surface area contributed by atoms with Crippen molar-refractivity contribution in [3.63, 3.8) is 0 Å². The van der Waals surface area contributed by atoms with Crippen molar-refractivity contribution in [3.05, 3.63) is 0 Å². The molecule has 0 aromatic rings. The van der Waals surface area contributed by atoms with Gasteiger partial charge in [0.25, 0.3) is 0 Å². The van der Waals surface area contributed by atoms with Crippen molar-refractivity contribution in [2.75, 3.05) is 13.2 Å². The first-order chi connectivity index (χ1) is 6.63. The van der Waals surface area contributed by atoms with Crippen LogP contribution in [0.3, 0.4) is 0 Å². The quantitative estimate of drug-likeness (QED) is 0.366. The standard InChI is InChI=1S/C6H14Cl4O2Si2/c7-5(8)3-11-13-1-2-14-12-4-6(9)10/h5-6H,1-4,13-14H2. The van der Waals surface area contributed by atoms with E-state index in [9.17, 15) is 0 Å². The van der Waals surface area contributed by atoms with E-state index in [0.29, 0.717) is 13.2 Å². The Balaban J connectivity index is 2.92. The van der Waals surface area contributed by atoms with Crippen molar-refractivity contribution in [1.29, 1.82) is 0 Å². The average Bonchev–Trinajstić information content (AvgIpc) is 2.08. The lowest BCUT2D eigenvalue weighted by Crippen LogP contribution is -2.09. The largest absolute Gasteiger partial charge is 0.421 e. The third kappa shape index (κ3) is 13.5. The lowest BCUT2D eigenvalue weighted by Gasteiger charge is -2.05. The fourth-order valence-electron chi connectivity index (χ4n) is 0.753. The highest BCUT2D eigenvalue weighted by Gasteiger charge is 2.00. The number of halogens is 4. The number of hydrogen-bond acceptors (Lipinski definition) is 2. The Labute approximate surface area is 109 Å². The van der Waals surface area contributed by atoms with Gasteiger partial charge < -0.3 is 8.85 Å². The van der Waals surface area contributed by atoms with Crippen molar-refractivity contribution in [3.8, 4) is 0 Å². The normalized spacial score (nSPS) is 13.3. The minimum absolute atomic E-state index is 0.399. The average molecular weight is 316 g/mol. The molecular formula is C6H14Cl4O2Si2. The van der Waals surface area contributed by atoms with Gasteiger partial charge in [-0.15, -0.1) is 46.4 Å². The van der Waals surface area contributed by atoms with Crippen molar-refractivity contribution >= 4 is 65.9 Å². The van der Waals surface area contributed by atoms with E-state index in [0.717, 1.165) is 12.1 Å². The molecule has 0 radical (unpaired) electrons. The van der Waals surface area contributed by atoms with E-state index in [1.54, 1.807) is 0 Å². The molecule has 0 aliphatic rings. The summed E-state index contributed by atoms with van der Waals surface area (Å²) in [6, 6.07) is 2.23. The molecule has 86 valence electrons. The Kier molecular flexibility index (Phi) is 12.2. The second-order valence-corrected chi connectivity index (χ2v) is 8.24. The van der Waals surface area contributed by atoms with Gasteiger partial charge in [-0.1, -0.05) is 0 Å². The summed E-state index contributed by atoms with van der Waals surface area (Å²) >= 11 is 22.0. The molecule has 0 atom stereocenters. The van der Waals surface area contributed by atoms with E-state index in [1.165, 1.54) is 0 Å². The molecule has 0 amide bonds. The highest BCUT2D eigenvalue weighted by molar-refractivity contribution is 6.45. The highest BCUT2D eigenvalue weighted by Crippen LogP contribution is 2.03. The number of alkyl halides is 4. The van der Waals surface area contributed by atoms with Crippen LogP contribution in [0.1, 0.15) is 0 Å². The summed E-state index contributed by atoms with van der Waals surface area (Å²) in [4.78, 5) is -0.798. The van der Waals surface area contributed by atoms with Gasteiger partial charge in [0.15, 0.2) is 19.5 Å². The first kappa shape index (κ1) is 15.5. The summed E-state index contributed by atoms with van der Waals surface area (Å²) in [6.07, 6.45) is 0. The van der Waals surface area contributed by atoms with Gasteiger partial charge in [-0.05, 0) is 12.1 Å². The molecule has 0 aliphatic carbocycles. The van der Waals surface area contributed by atoms with Crippen molar-refractivity contribution in [2.45, 2.75) is 21.8 Å². The van der Waals surface area contributed by atoms with Gasteiger partial charge in [0.05, 0.1) is 13.2 Å². The van der Waals surface area contributed by atoms with Crippen LogP contribution in [0.4, 0.5) is 0 Å². The van der Waals surface area contributed by atoms with E-state index in [1.807, 2.05) is 0 Å². The Morgan fingerprint density at radius 2 is 1.14 bits per heavy atom. The summed E-state index contributed by atoms with van der Waals surface area (Å²) in [5.41, 5.74) is 0. The maximum absolute atomic E-state index is 5.49. The molecular weight excluding hydrogens is 302 g/mol. The first-order valence-electron chi connectivity index (χ1n) is 4.34. The van der Waals surface area contributed by atoms with Gasteiger partial charge >= 0.3 is 0 Å². The second-order valence-electron chi connectivity index (χ2n) is 2.64. The van der Waals surface area contributed by atoms with E-state index in [-0.39, 0.29) is 0 Å². The monoisotopic (exact) mass is 314 g/mol. The first-order valence-corrected chi connectivity index (χ1v) is 9.24. The predicted octanol–water partition coefficient (Wildman–Crippen LogP) is 1.63. The Hall–Kier alpha value is 1.51. The lowest BCUT2D eigenvalue weighted by atomic mass is 10.9. The van der Waals surface area contributed by atoms with Crippen LogP contribution in [0.15, 0.2) is 0 Å². The molecule has 14 heavy (non-hydrogen) atoms. The van der Waals surface area contributed by atoms with Gasteiger partial charge in [0, 0.05) is 0 Å². The minimum Gasteiger partial charge on any atom is -0.421 e. The van der Waals surface area contributed by atoms with E-state index < -0.39 is 29.2 Å². The molecule has 0 aromatic heterocycles. The summed E-state index contributed by atoms with van der Waals surface area (Å²) in [5.74, 6) is 0. The predicted molar refractivity (Wildman–Crippen MR) is 69.6 cm³/mol. The van der Waals surface area contributed by atoms with Gasteiger partial charge in [0.2, 0.25) is 0 Å². The smallest absolute Gasteiger partial charge is 0.161 e. The Morgan fingerprint density at radius 3 is 1.43 bits per heavy atom. The summed E-state index contributed by atoms with van der Waals surface area (Å²) in [5, 5.41) is 0. The van der Waals surface area contributed by atoms with Gasteiger partial charge in [-0.3, -0.25) is 0 Å². The molecule has 0 saturated carbocycles. The van der Waals surface area contributed by atoms with Crippen molar-refractivity contribution < 1.29 is 8.85 Å². The van der Waals surface area contributed by atoms with Crippen LogP contribution in [-0.4, -0.2) is 42.4 Å². The topological polar surface area (TPSA) is 18.5 Å². The molecule has 0 saturated heterocycles. The molecule has 0 unspecified atom stereocenters. The van der Waals surface area contributed by atoms with Crippen LogP contribution >= 0.6 is 46.4 Å². The van der Waals surface area contributed by atoms with Gasteiger partial charge in [0.1, 0.15) is 9.67 Å². The molecule has 0 rings (SSSR count). The molecule has 0 aromatic carbocycles. The zero-order valence-electron chi connectivity index (χ0n) is 7.73. The van der Waals surface area contributed by atoms with Crippen LogP contribution in [0.2, 0.25) is 12.1 Å². The molecule has 2 nitrogen and oxygen atoms in total. The van der Waals surface area contributed by atoms with Crippen LogP contribution in [-0.2, 0) is 8.85 Å². The van der Waals surface area contributed by atoms with E-state index >= 15 is 0 Å². The third-order valence-electron chi connectivity index (χ3n) is 1.32. The summed E-state index contributed by atoms with van der Waals surface area (Å²) in [7, 11) is -0.918. The van der Waals surface area contributed by atoms with Gasteiger partial charge in [-0.2, -0.15) is 0 Å². The SMILES string of the molecule is ClC(Cl)CO[SiH2]CC[SiH2]OCC(Cl)Cl. The maximum atomic E-state index is 5.49. The van der Waals surface area contributed by atoms with Crippen molar-refractivity contribution in [1.82, 2.24) is 0 Å². The Bertz CT molecular complexity index is 114. The van der Waals surface area contributed by atoms with Gasteiger partial charge in [-0.25, -0.2) is 0 Å². The van der Waals surface area contributed by atoms with E-state index in [2.05, 4.69) is 0 Å². The van der Waals surface area contributed by atoms with Crippen LogP contribution < -0.4 is 0 Å². The van der Waals surface area contributed by atoms with Crippen LogP contribution in [0.25, 0.3) is 0 Å². The maximum Gasteiger partial charge on any atom is 0.161 e. The number of hydrogen-bond donors (Lipinski definition) is 0. The zero-order chi connectivity index (χ0) is 10.8. The minimum atomic E-state index is -0.459. The Morgan fingerprint density at radius 1 is 0.786 bits per heavy atom. The molecule has 8 heteroatoms. The molecule has 0 heterocycles. The molecule has 0 aliphatic heterocycles. The highest BCUT2D eigenvalue weighted by atomic mass is 35.5. The fraction of sp³-hybridized carbons (Fsp3) is 1.00. The zero-order valence-corrected chi connectivity index (χ0v) is 13.6. The summed E-state index contributed by atoms with van der Waals surface area (Å²) < 4.78 is 10.6. The second kappa shape index (κ2) is 11.0. The lowest BCUT2D eigenvalue weighted by molar-refractivity contribution is 0.348. The molecule has 0 spiro atoms. The number of rotatable bonds is 9. The molecule has 0 N–H and O–H groups in total. The molecule has 0 bridgehead atoms. The van der Waals surface area contributed by atoms with Crippen LogP contribution in [0.5, 0.6) is 0 Å².